The highest BCUT2D eigenvalue weighted by atomic mass is 19.1. The van der Waals surface area contributed by atoms with Gasteiger partial charge in [-0.3, -0.25) is 4.79 Å². The molecule has 0 radical (unpaired) electrons. The molecule has 0 aromatic carbocycles. The number of carbonyl (C=O) groups excluding carboxylic acids is 1. The maximum Gasteiger partial charge on any atom is 0.310 e. The Labute approximate surface area is 70.3 Å². The zero-order valence-electron chi connectivity index (χ0n) is 6.92. The third-order valence-electron chi connectivity index (χ3n) is 2.90. The van der Waals surface area contributed by atoms with Gasteiger partial charge in [0.05, 0.1) is 19.1 Å². The van der Waals surface area contributed by atoms with Crippen LogP contribution in [0.2, 0.25) is 0 Å². The molecule has 68 valence electrons. The average molecular weight is 173 g/mol. The first-order valence-corrected chi connectivity index (χ1v) is 4.19. The van der Waals surface area contributed by atoms with Gasteiger partial charge in [0.15, 0.2) is 0 Å². The molecule has 12 heavy (non-hydrogen) atoms. The second-order valence-corrected chi connectivity index (χ2v) is 3.49. The lowest BCUT2D eigenvalue weighted by atomic mass is 9.99. The number of halogens is 1. The average Bonchev–Trinajstić information content (AvgIpc) is 2.59. The molecule has 2 bridgehead atoms. The van der Waals surface area contributed by atoms with Crippen LogP contribution < -0.4 is 5.32 Å². The van der Waals surface area contributed by atoms with E-state index in [0.717, 1.165) is 6.54 Å². The molecule has 1 aliphatic carbocycles. The van der Waals surface area contributed by atoms with Crippen LogP contribution in [0, 0.1) is 11.8 Å². The summed E-state index contributed by atoms with van der Waals surface area (Å²) in [6.45, 7) is 0.755. The van der Waals surface area contributed by atoms with Crippen LogP contribution in [0.15, 0.2) is 0 Å². The minimum atomic E-state index is -0.868. The van der Waals surface area contributed by atoms with Crippen molar-refractivity contribution in [3.8, 4) is 0 Å². The topological polar surface area (TPSA) is 38.3 Å². The summed E-state index contributed by atoms with van der Waals surface area (Å²) in [5.74, 6) is -0.363. The molecular formula is C8H12FNO2. The van der Waals surface area contributed by atoms with Gasteiger partial charge in [-0.15, -0.1) is 0 Å². The number of ether oxygens (including phenoxy) is 1. The van der Waals surface area contributed by atoms with Gasteiger partial charge in [-0.05, 0) is 18.9 Å². The van der Waals surface area contributed by atoms with E-state index >= 15 is 0 Å². The number of methoxy groups -OCH3 is 1. The Morgan fingerprint density at radius 2 is 2.42 bits per heavy atom. The molecule has 0 amide bonds. The van der Waals surface area contributed by atoms with Gasteiger partial charge in [-0.25, -0.2) is 4.39 Å². The van der Waals surface area contributed by atoms with E-state index in [2.05, 4.69) is 10.1 Å². The summed E-state index contributed by atoms with van der Waals surface area (Å²) in [4.78, 5) is 11.2. The molecule has 4 heteroatoms. The van der Waals surface area contributed by atoms with E-state index in [1.54, 1.807) is 0 Å². The Morgan fingerprint density at radius 3 is 2.83 bits per heavy atom. The van der Waals surface area contributed by atoms with Crippen molar-refractivity contribution in [3.05, 3.63) is 0 Å². The number of esters is 1. The minimum absolute atomic E-state index is 0.150. The van der Waals surface area contributed by atoms with E-state index in [9.17, 15) is 9.18 Å². The smallest absolute Gasteiger partial charge is 0.310 e. The van der Waals surface area contributed by atoms with Crippen LogP contribution in [-0.4, -0.2) is 31.8 Å². The fourth-order valence-electron chi connectivity index (χ4n) is 2.33. The normalized spacial score (nSPS) is 44.8. The first-order valence-electron chi connectivity index (χ1n) is 4.19. The molecule has 0 aromatic rings. The summed E-state index contributed by atoms with van der Waals surface area (Å²) < 4.78 is 17.7. The van der Waals surface area contributed by atoms with Crippen LogP contribution in [-0.2, 0) is 9.53 Å². The molecule has 2 aliphatic rings. The Morgan fingerprint density at radius 1 is 1.67 bits per heavy atom. The number of rotatable bonds is 1. The van der Waals surface area contributed by atoms with E-state index < -0.39 is 6.17 Å². The van der Waals surface area contributed by atoms with Gasteiger partial charge in [-0.1, -0.05) is 0 Å². The predicted octanol–water partition coefficient (Wildman–Crippen LogP) is 0.105. The summed E-state index contributed by atoms with van der Waals surface area (Å²) in [5, 5.41) is 3.00. The van der Waals surface area contributed by atoms with Crippen LogP contribution in [0.1, 0.15) is 6.42 Å². The summed E-state index contributed by atoms with van der Waals surface area (Å²) in [6, 6.07) is -0.289. The minimum Gasteiger partial charge on any atom is -0.469 e. The van der Waals surface area contributed by atoms with Crippen LogP contribution in [0.4, 0.5) is 4.39 Å². The number of hydrogen-bond donors (Lipinski definition) is 1. The Balaban J connectivity index is 2.13. The quantitative estimate of drug-likeness (QED) is 0.572. The molecule has 0 spiro atoms. The first-order chi connectivity index (χ1) is 5.74. The highest BCUT2D eigenvalue weighted by molar-refractivity contribution is 5.74. The number of nitrogens with one attached hydrogen (secondary N) is 1. The lowest BCUT2D eigenvalue weighted by Gasteiger charge is -2.14. The van der Waals surface area contributed by atoms with Crippen molar-refractivity contribution < 1.29 is 13.9 Å². The molecule has 3 nitrogen and oxygen atoms in total. The van der Waals surface area contributed by atoms with Gasteiger partial charge in [0.1, 0.15) is 6.17 Å². The monoisotopic (exact) mass is 173 g/mol. The summed E-state index contributed by atoms with van der Waals surface area (Å²) in [5.41, 5.74) is 0. The molecule has 4 unspecified atom stereocenters. The molecule has 1 aliphatic heterocycles. The second kappa shape index (κ2) is 2.69. The van der Waals surface area contributed by atoms with Gasteiger partial charge >= 0.3 is 5.97 Å². The van der Waals surface area contributed by atoms with Crippen molar-refractivity contribution >= 4 is 5.97 Å². The van der Waals surface area contributed by atoms with Crippen molar-refractivity contribution in [1.82, 2.24) is 5.32 Å². The molecule has 1 saturated carbocycles. The Bertz CT molecular complexity index is 209. The molecule has 0 aromatic heterocycles. The maximum absolute atomic E-state index is 13.1. The van der Waals surface area contributed by atoms with Crippen LogP contribution in [0.3, 0.4) is 0 Å². The third-order valence-corrected chi connectivity index (χ3v) is 2.90. The zero-order valence-corrected chi connectivity index (χ0v) is 6.92. The van der Waals surface area contributed by atoms with Crippen molar-refractivity contribution in [1.29, 1.82) is 0 Å². The standard InChI is InChI=1S/C8H12FNO2/c1-12-8(11)6-4-2-5(9)7(6)10-3-4/h4-7,10H,2-3H2,1H3. The van der Waals surface area contributed by atoms with Crippen LogP contribution in [0.25, 0.3) is 0 Å². The van der Waals surface area contributed by atoms with Crippen molar-refractivity contribution in [2.24, 2.45) is 11.8 Å². The highest BCUT2D eigenvalue weighted by Crippen LogP contribution is 2.39. The summed E-state index contributed by atoms with van der Waals surface area (Å²) >= 11 is 0. The first kappa shape index (κ1) is 7.98. The van der Waals surface area contributed by atoms with Gasteiger partial charge < -0.3 is 10.1 Å². The van der Waals surface area contributed by atoms with Crippen molar-refractivity contribution in [2.75, 3.05) is 13.7 Å². The summed E-state index contributed by atoms with van der Waals surface area (Å²) in [6.07, 6.45) is -0.356. The largest absolute Gasteiger partial charge is 0.469 e. The lowest BCUT2D eigenvalue weighted by molar-refractivity contribution is -0.146. The van der Waals surface area contributed by atoms with Crippen molar-refractivity contribution in [2.45, 2.75) is 18.6 Å². The lowest BCUT2D eigenvalue weighted by Crippen LogP contribution is -2.37. The molecule has 1 saturated heterocycles. The molecule has 1 heterocycles. The van der Waals surface area contributed by atoms with Crippen LogP contribution in [0.5, 0.6) is 0 Å². The van der Waals surface area contributed by atoms with Gasteiger partial charge in [0, 0.05) is 0 Å². The third kappa shape index (κ3) is 0.941. The van der Waals surface area contributed by atoms with Crippen molar-refractivity contribution in [3.63, 3.8) is 0 Å². The number of carbonyl (C=O) groups is 1. The highest BCUT2D eigenvalue weighted by Gasteiger charge is 2.52. The fourth-order valence-corrected chi connectivity index (χ4v) is 2.33. The van der Waals surface area contributed by atoms with E-state index in [-0.39, 0.29) is 23.8 Å². The number of alkyl halides is 1. The summed E-state index contributed by atoms with van der Waals surface area (Å²) in [7, 11) is 1.35. The molecule has 2 rings (SSSR count). The maximum atomic E-state index is 13.1. The SMILES string of the molecule is COC(=O)C1C2CNC1C(F)C2. The molecule has 2 fully saturated rings. The van der Waals surface area contributed by atoms with Crippen LogP contribution >= 0.6 is 0 Å². The van der Waals surface area contributed by atoms with E-state index in [0.29, 0.717) is 6.42 Å². The number of piperidine rings is 1. The fraction of sp³-hybridized carbons (Fsp3) is 0.875. The Hall–Kier alpha value is -0.640. The van der Waals surface area contributed by atoms with Gasteiger partial charge in [-0.2, -0.15) is 0 Å². The molecular weight excluding hydrogens is 161 g/mol. The van der Waals surface area contributed by atoms with Gasteiger partial charge in [0.25, 0.3) is 0 Å². The molecule has 4 atom stereocenters. The Kier molecular flexibility index (Phi) is 1.79. The molecule has 1 N–H and O–H groups in total. The van der Waals surface area contributed by atoms with E-state index in [1.807, 2.05) is 0 Å². The second-order valence-electron chi connectivity index (χ2n) is 3.49. The van der Waals surface area contributed by atoms with E-state index in [1.165, 1.54) is 7.11 Å². The van der Waals surface area contributed by atoms with E-state index in [4.69, 9.17) is 0 Å². The predicted molar refractivity (Wildman–Crippen MR) is 40.3 cm³/mol. The van der Waals surface area contributed by atoms with Gasteiger partial charge in [0.2, 0.25) is 0 Å². The number of fused-ring (bicyclic) bond motifs is 2. The number of hydrogen-bond acceptors (Lipinski definition) is 3. The zero-order chi connectivity index (χ0) is 8.72.